The van der Waals surface area contributed by atoms with Gasteiger partial charge in [0.15, 0.2) is 5.16 Å². The van der Waals surface area contributed by atoms with E-state index in [1.165, 1.54) is 23.1 Å². The van der Waals surface area contributed by atoms with E-state index in [-0.39, 0.29) is 17.2 Å². The lowest BCUT2D eigenvalue weighted by Gasteiger charge is -2.14. The van der Waals surface area contributed by atoms with E-state index in [1.54, 1.807) is 10.6 Å². The average Bonchev–Trinajstić information content (AvgIpc) is 3.22. The number of fused-ring (bicyclic) bond motifs is 1. The van der Waals surface area contributed by atoms with Crippen molar-refractivity contribution in [1.29, 1.82) is 0 Å². The molecule has 4 rings (SSSR count). The van der Waals surface area contributed by atoms with Crippen LogP contribution in [-0.4, -0.2) is 21.2 Å². The van der Waals surface area contributed by atoms with Crippen LogP contribution in [0.2, 0.25) is 5.02 Å². The molecule has 152 valence electrons. The molecule has 0 fully saturated rings. The first-order valence-electron chi connectivity index (χ1n) is 9.24. The minimum atomic E-state index is -0.157. The Balaban J connectivity index is 1.58. The fraction of sp³-hybridized carbons (Fsp3) is 0.136. The molecule has 0 aliphatic heterocycles. The quantitative estimate of drug-likeness (QED) is 0.334. The smallest absolute Gasteiger partial charge is 0.276 e. The van der Waals surface area contributed by atoms with E-state index in [2.05, 4.69) is 10.3 Å². The van der Waals surface area contributed by atoms with Crippen molar-refractivity contribution in [1.82, 2.24) is 14.9 Å². The summed E-state index contributed by atoms with van der Waals surface area (Å²) < 4.78 is 2.20. The second-order valence-corrected chi connectivity index (χ2v) is 8.88. The van der Waals surface area contributed by atoms with Crippen molar-refractivity contribution in [2.75, 3.05) is 5.75 Å². The Morgan fingerprint density at radius 3 is 2.73 bits per heavy atom. The summed E-state index contributed by atoms with van der Waals surface area (Å²) in [5, 5.41) is 5.83. The third-order valence-corrected chi connectivity index (χ3v) is 6.77. The molecule has 0 unspecified atom stereocenters. The van der Waals surface area contributed by atoms with Gasteiger partial charge in [0.1, 0.15) is 4.70 Å². The topological polar surface area (TPSA) is 64.0 Å². The van der Waals surface area contributed by atoms with Crippen LogP contribution < -0.4 is 10.9 Å². The van der Waals surface area contributed by atoms with Gasteiger partial charge in [-0.2, -0.15) is 0 Å². The number of carbonyl (C=O) groups is 1. The van der Waals surface area contributed by atoms with Crippen LogP contribution in [0.1, 0.15) is 11.1 Å². The normalized spacial score (nSPS) is 11.0. The number of halogens is 1. The number of thioether (sulfide) groups is 1. The number of hydrogen-bond donors (Lipinski definition) is 1. The van der Waals surface area contributed by atoms with Gasteiger partial charge in [0.2, 0.25) is 5.91 Å². The molecule has 5 nitrogen and oxygen atoms in total. The van der Waals surface area contributed by atoms with E-state index in [4.69, 9.17) is 11.6 Å². The molecule has 0 atom stereocenters. The molecular formula is C22H18ClN3O2S2. The van der Waals surface area contributed by atoms with Crippen LogP contribution in [0, 0.1) is 6.92 Å². The van der Waals surface area contributed by atoms with E-state index >= 15 is 0 Å². The molecule has 0 radical (unpaired) electrons. The highest BCUT2D eigenvalue weighted by molar-refractivity contribution is 7.99. The number of para-hydroxylation sites is 1. The van der Waals surface area contributed by atoms with Gasteiger partial charge in [-0.15, -0.1) is 11.3 Å². The Morgan fingerprint density at radius 1 is 1.17 bits per heavy atom. The number of thiophene rings is 1. The summed E-state index contributed by atoms with van der Waals surface area (Å²) in [5.41, 5.74) is 3.11. The van der Waals surface area contributed by atoms with Gasteiger partial charge in [0.25, 0.3) is 5.56 Å². The Bertz CT molecular complexity index is 1280. The first-order chi connectivity index (χ1) is 14.5. The van der Waals surface area contributed by atoms with Crippen molar-refractivity contribution < 1.29 is 4.79 Å². The van der Waals surface area contributed by atoms with Crippen molar-refractivity contribution in [3.8, 4) is 5.69 Å². The van der Waals surface area contributed by atoms with Crippen LogP contribution in [0.4, 0.5) is 0 Å². The number of aromatic nitrogens is 2. The molecule has 1 N–H and O–H groups in total. The molecular weight excluding hydrogens is 438 g/mol. The van der Waals surface area contributed by atoms with E-state index in [0.717, 1.165) is 16.8 Å². The zero-order valence-corrected chi connectivity index (χ0v) is 18.5. The number of nitrogens with zero attached hydrogens (tertiary/aromatic N) is 2. The van der Waals surface area contributed by atoms with Crippen LogP contribution >= 0.6 is 34.7 Å². The molecule has 2 aromatic heterocycles. The highest BCUT2D eigenvalue weighted by Crippen LogP contribution is 2.25. The molecule has 4 aromatic rings. The monoisotopic (exact) mass is 455 g/mol. The summed E-state index contributed by atoms with van der Waals surface area (Å²) in [5.74, 6) is -0.0192. The Labute approximate surface area is 186 Å². The third-order valence-electron chi connectivity index (χ3n) is 4.57. The summed E-state index contributed by atoms with van der Waals surface area (Å²) >= 11 is 8.76. The Kier molecular flexibility index (Phi) is 6.22. The van der Waals surface area contributed by atoms with Crippen molar-refractivity contribution in [2.24, 2.45) is 0 Å². The molecule has 30 heavy (non-hydrogen) atoms. The SMILES string of the molecule is Cc1ccccc1-n1c(SCC(=O)NCc2ccccc2Cl)nc2ccsc2c1=O. The van der Waals surface area contributed by atoms with E-state index in [9.17, 15) is 9.59 Å². The largest absolute Gasteiger partial charge is 0.351 e. The van der Waals surface area contributed by atoms with Crippen molar-refractivity contribution in [3.05, 3.63) is 86.5 Å². The Morgan fingerprint density at radius 2 is 1.93 bits per heavy atom. The summed E-state index contributed by atoms with van der Waals surface area (Å²) in [4.78, 5) is 30.2. The zero-order valence-electron chi connectivity index (χ0n) is 16.1. The summed E-state index contributed by atoms with van der Waals surface area (Å²) in [6.45, 7) is 2.30. The van der Waals surface area contributed by atoms with Crippen LogP contribution in [0.25, 0.3) is 15.9 Å². The van der Waals surface area contributed by atoms with Crippen molar-refractivity contribution >= 4 is 50.8 Å². The van der Waals surface area contributed by atoms with E-state index in [0.29, 0.717) is 26.9 Å². The van der Waals surface area contributed by atoms with Gasteiger partial charge >= 0.3 is 0 Å². The van der Waals surface area contributed by atoms with Crippen molar-refractivity contribution in [2.45, 2.75) is 18.6 Å². The molecule has 0 bridgehead atoms. The van der Waals surface area contributed by atoms with Gasteiger partial charge in [0, 0.05) is 11.6 Å². The fourth-order valence-corrected chi connectivity index (χ4v) is 4.83. The number of nitrogens with one attached hydrogen (secondary N) is 1. The van der Waals surface area contributed by atoms with Crippen LogP contribution in [0.15, 0.2) is 69.9 Å². The molecule has 2 aromatic carbocycles. The molecule has 0 saturated carbocycles. The predicted molar refractivity (Wildman–Crippen MR) is 124 cm³/mol. The number of benzene rings is 2. The highest BCUT2D eigenvalue weighted by atomic mass is 35.5. The zero-order chi connectivity index (χ0) is 21.1. The average molecular weight is 456 g/mol. The lowest BCUT2D eigenvalue weighted by molar-refractivity contribution is -0.118. The lowest BCUT2D eigenvalue weighted by atomic mass is 10.2. The maximum absolute atomic E-state index is 13.2. The number of aryl methyl sites for hydroxylation is 1. The Hall–Kier alpha value is -2.61. The predicted octanol–water partition coefficient (Wildman–Crippen LogP) is 4.82. The van der Waals surface area contributed by atoms with Crippen LogP contribution in [0.3, 0.4) is 0 Å². The summed E-state index contributed by atoms with van der Waals surface area (Å²) in [6, 6.07) is 16.9. The van der Waals surface area contributed by atoms with Gasteiger partial charge in [-0.05, 0) is 41.6 Å². The fourth-order valence-electron chi connectivity index (χ4n) is 3.03. The molecule has 8 heteroatoms. The minimum absolute atomic E-state index is 0.122. The first kappa shape index (κ1) is 20.7. The summed E-state index contributed by atoms with van der Waals surface area (Å²) in [7, 11) is 0. The summed E-state index contributed by atoms with van der Waals surface area (Å²) in [6.07, 6.45) is 0. The number of hydrogen-bond acceptors (Lipinski definition) is 5. The van der Waals surface area contributed by atoms with Gasteiger partial charge in [-0.3, -0.25) is 14.2 Å². The van der Waals surface area contributed by atoms with Gasteiger partial charge in [0.05, 0.1) is 17.0 Å². The first-order valence-corrected chi connectivity index (χ1v) is 11.5. The third kappa shape index (κ3) is 4.28. The minimum Gasteiger partial charge on any atom is -0.351 e. The standard InChI is InChI=1S/C22H18ClN3O2S2/c1-14-6-2-5-9-18(14)26-21(28)20-17(10-11-29-20)25-22(26)30-13-19(27)24-12-15-7-3-4-8-16(15)23/h2-11H,12-13H2,1H3,(H,24,27). The molecule has 1 amide bonds. The second kappa shape index (κ2) is 9.04. The molecule has 0 spiro atoms. The maximum atomic E-state index is 13.2. The molecule has 0 aliphatic carbocycles. The number of rotatable bonds is 6. The number of amides is 1. The van der Waals surface area contributed by atoms with Crippen LogP contribution in [-0.2, 0) is 11.3 Å². The van der Waals surface area contributed by atoms with E-state index < -0.39 is 0 Å². The number of carbonyl (C=O) groups excluding carboxylic acids is 1. The van der Waals surface area contributed by atoms with Gasteiger partial charge in [-0.25, -0.2) is 4.98 Å². The molecule has 2 heterocycles. The molecule has 0 aliphatic rings. The van der Waals surface area contributed by atoms with Crippen LogP contribution in [0.5, 0.6) is 0 Å². The van der Waals surface area contributed by atoms with E-state index in [1.807, 2.05) is 60.8 Å². The second-order valence-electron chi connectivity index (χ2n) is 6.61. The van der Waals surface area contributed by atoms with Crippen molar-refractivity contribution in [3.63, 3.8) is 0 Å². The molecule has 0 saturated heterocycles. The highest BCUT2D eigenvalue weighted by Gasteiger charge is 2.16. The van der Waals surface area contributed by atoms with Gasteiger partial charge in [-0.1, -0.05) is 59.8 Å². The maximum Gasteiger partial charge on any atom is 0.276 e. The van der Waals surface area contributed by atoms with Gasteiger partial charge < -0.3 is 5.32 Å². The lowest BCUT2D eigenvalue weighted by Crippen LogP contribution is -2.26.